The second kappa shape index (κ2) is 13.5. The van der Waals surface area contributed by atoms with Gasteiger partial charge in [-0.05, 0) is 43.2 Å². The summed E-state index contributed by atoms with van der Waals surface area (Å²) in [5.41, 5.74) is 1.39. The summed E-state index contributed by atoms with van der Waals surface area (Å²) in [5, 5.41) is 0. The smallest absolute Gasteiger partial charge is 0.260 e. The number of carbonyl (C=O) groups excluding carboxylic acids is 3. The summed E-state index contributed by atoms with van der Waals surface area (Å²) in [6.45, 7) is 1.40. The van der Waals surface area contributed by atoms with E-state index in [1.165, 1.54) is 21.9 Å². The number of sulfone groups is 1. The normalized spacial score (nSPS) is 13.1. The largest absolute Gasteiger partial charge is 0.483 e. The van der Waals surface area contributed by atoms with Crippen molar-refractivity contribution < 1.29 is 27.5 Å². The molecule has 0 saturated carbocycles. The highest BCUT2D eigenvalue weighted by Gasteiger charge is 2.25. The molecular weight excluding hydrogens is 542 g/mol. The van der Waals surface area contributed by atoms with Gasteiger partial charge in [-0.25, -0.2) is 8.42 Å². The summed E-state index contributed by atoms with van der Waals surface area (Å²) < 4.78 is 30.8. The molecule has 3 aromatic rings. The number of amides is 3. The van der Waals surface area contributed by atoms with Gasteiger partial charge in [-0.15, -0.1) is 0 Å². The minimum Gasteiger partial charge on any atom is -0.483 e. The molecule has 4 rings (SSSR count). The third-order valence-corrected chi connectivity index (χ3v) is 8.22. The summed E-state index contributed by atoms with van der Waals surface area (Å²) in [7, 11) is -2.02. The van der Waals surface area contributed by atoms with Crippen LogP contribution in [0.2, 0.25) is 0 Å². The molecular formula is C31H35N3O6S. The van der Waals surface area contributed by atoms with Gasteiger partial charge in [-0.3, -0.25) is 14.4 Å². The van der Waals surface area contributed by atoms with E-state index in [-0.39, 0.29) is 48.4 Å². The Morgan fingerprint density at radius 3 is 2.22 bits per heavy atom. The van der Waals surface area contributed by atoms with Crippen molar-refractivity contribution in [3.8, 4) is 5.75 Å². The van der Waals surface area contributed by atoms with E-state index >= 15 is 0 Å². The minimum atomic E-state index is -3.69. The first-order valence-corrected chi connectivity index (χ1v) is 15.4. The van der Waals surface area contributed by atoms with Crippen LogP contribution in [-0.4, -0.2) is 75.5 Å². The lowest BCUT2D eigenvalue weighted by Gasteiger charge is -2.26. The molecule has 0 radical (unpaired) electrons. The number of para-hydroxylation sites is 2. The maximum atomic E-state index is 13.9. The fourth-order valence-corrected chi connectivity index (χ4v) is 5.64. The summed E-state index contributed by atoms with van der Waals surface area (Å²) in [5.74, 6) is -0.376. The van der Waals surface area contributed by atoms with E-state index in [0.29, 0.717) is 11.3 Å². The van der Waals surface area contributed by atoms with Crippen LogP contribution in [0.25, 0.3) is 0 Å². The van der Waals surface area contributed by atoms with Crippen LogP contribution in [0.5, 0.6) is 5.75 Å². The second-order valence-corrected chi connectivity index (χ2v) is 12.0. The molecule has 0 unspecified atom stereocenters. The van der Waals surface area contributed by atoms with E-state index in [0.717, 1.165) is 37.9 Å². The van der Waals surface area contributed by atoms with E-state index in [2.05, 4.69) is 0 Å². The molecule has 1 aliphatic rings. The molecule has 0 bridgehead atoms. The molecule has 1 aliphatic heterocycles. The molecule has 1 saturated heterocycles. The number of ether oxygens (including phenoxy) is 1. The number of rotatable bonds is 11. The topological polar surface area (TPSA) is 104 Å². The molecule has 216 valence electrons. The Hall–Kier alpha value is -4.18. The Morgan fingerprint density at radius 2 is 1.51 bits per heavy atom. The molecule has 10 heteroatoms. The highest BCUT2D eigenvalue weighted by Crippen LogP contribution is 2.24. The van der Waals surface area contributed by atoms with E-state index in [9.17, 15) is 22.8 Å². The third-order valence-electron chi connectivity index (χ3n) is 7.06. The molecule has 0 N–H and O–H groups in total. The van der Waals surface area contributed by atoms with Crippen LogP contribution in [0.4, 0.5) is 5.69 Å². The van der Waals surface area contributed by atoms with Crippen LogP contribution in [-0.2, 0) is 26.0 Å². The van der Waals surface area contributed by atoms with Gasteiger partial charge in [0, 0.05) is 57.2 Å². The van der Waals surface area contributed by atoms with E-state index < -0.39 is 15.7 Å². The maximum Gasteiger partial charge on any atom is 0.260 e. The van der Waals surface area contributed by atoms with Crippen molar-refractivity contribution in [1.29, 1.82) is 0 Å². The quantitative estimate of drug-likeness (QED) is 0.344. The van der Waals surface area contributed by atoms with Gasteiger partial charge in [-0.2, -0.15) is 0 Å². The van der Waals surface area contributed by atoms with Crippen molar-refractivity contribution in [2.45, 2.75) is 30.7 Å². The Bertz CT molecular complexity index is 1490. The Balaban J connectivity index is 1.57. The summed E-state index contributed by atoms with van der Waals surface area (Å²) in [6.07, 6.45) is 3.02. The van der Waals surface area contributed by atoms with Crippen LogP contribution >= 0.6 is 0 Å². The zero-order valence-corrected chi connectivity index (χ0v) is 24.2. The summed E-state index contributed by atoms with van der Waals surface area (Å²) in [4.78, 5) is 44.2. The van der Waals surface area contributed by atoms with Gasteiger partial charge in [0.1, 0.15) is 5.75 Å². The fraction of sp³-hybridized carbons (Fsp3) is 0.323. The van der Waals surface area contributed by atoms with Gasteiger partial charge in [-0.1, -0.05) is 48.5 Å². The Kier molecular flexibility index (Phi) is 9.78. The predicted octanol–water partition coefficient (Wildman–Crippen LogP) is 3.79. The molecule has 3 amide bonds. The summed E-state index contributed by atoms with van der Waals surface area (Å²) in [6, 6.07) is 22.3. The van der Waals surface area contributed by atoms with Gasteiger partial charge in [0.2, 0.25) is 5.91 Å². The first-order valence-electron chi connectivity index (χ1n) is 13.5. The molecule has 1 fully saturated rings. The first kappa shape index (κ1) is 29.8. The first-order chi connectivity index (χ1) is 19.6. The number of benzene rings is 3. The second-order valence-electron chi connectivity index (χ2n) is 10.0. The van der Waals surface area contributed by atoms with Crippen LogP contribution < -0.4 is 9.64 Å². The van der Waals surface area contributed by atoms with Gasteiger partial charge < -0.3 is 19.4 Å². The highest BCUT2D eigenvalue weighted by atomic mass is 32.2. The lowest BCUT2D eigenvalue weighted by molar-refractivity contribution is -0.132. The Labute approximate surface area is 241 Å². The number of likely N-dealkylation sites (tertiary alicyclic amines) is 1. The number of hydrogen-bond acceptors (Lipinski definition) is 6. The average molecular weight is 578 g/mol. The lowest BCUT2D eigenvalue weighted by atomic mass is 10.1. The van der Waals surface area contributed by atoms with E-state index in [1.54, 1.807) is 48.3 Å². The standard InChI is InChI=1S/C31H35N3O6S/c1-32(25-13-4-3-5-14-25)29(35)18-21-34(31(37)26-15-7-9-17-28(26)41(2,38)39)22-24-12-6-8-16-27(24)40-23-30(36)33-19-10-11-20-33/h3-9,12-17H,10-11,18-23H2,1-2H3. The predicted molar refractivity (Wildman–Crippen MR) is 157 cm³/mol. The molecule has 1 heterocycles. The van der Waals surface area contributed by atoms with Crippen LogP contribution in [0.1, 0.15) is 35.2 Å². The monoisotopic (exact) mass is 577 g/mol. The molecule has 0 aromatic heterocycles. The van der Waals surface area contributed by atoms with Crippen LogP contribution in [0.3, 0.4) is 0 Å². The van der Waals surface area contributed by atoms with Gasteiger partial charge in [0.15, 0.2) is 16.4 Å². The summed E-state index contributed by atoms with van der Waals surface area (Å²) >= 11 is 0. The zero-order valence-electron chi connectivity index (χ0n) is 23.4. The van der Waals surface area contributed by atoms with Crippen molar-refractivity contribution in [2.24, 2.45) is 0 Å². The minimum absolute atomic E-state index is 0.00858. The van der Waals surface area contributed by atoms with Crippen molar-refractivity contribution in [3.63, 3.8) is 0 Å². The van der Waals surface area contributed by atoms with Crippen LogP contribution in [0.15, 0.2) is 83.8 Å². The number of nitrogens with zero attached hydrogens (tertiary/aromatic N) is 3. The molecule has 41 heavy (non-hydrogen) atoms. The van der Waals surface area contributed by atoms with E-state index in [4.69, 9.17) is 4.74 Å². The molecule has 0 atom stereocenters. The lowest BCUT2D eigenvalue weighted by Crippen LogP contribution is -2.36. The van der Waals surface area contributed by atoms with Crippen molar-refractivity contribution in [2.75, 3.05) is 44.4 Å². The molecule has 0 aliphatic carbocycles. The number of hydrogen-bond donors (Lipinski definition) is 0. The Morgan fingerprint density at radius 1 is 0.878 bits per heavy atom. The van der Waals surface area contributed by atoms with Crippen molar-refractivity contribution >= 4 is 33.2 Å². The number of anilines is 1. The number of carbonyl (C=O) groups is 3. The average Bonchev–Trinajstić information content (AvgIpc) is 3.53. The van der Waals surface area contributed by atoms with Crippen molar-refractivity contribution in [1.82, 2.24) is 9.80 Å². The maximum absolute atomic E-state index is 13.9. The van der Waals surface area contributed by atoms with Crippen molar-refractivity contribution in [3.05, 3.63) is 90.0 Å². The third kappa shape index (κ3) is 7.73. The molecule has 9 nitrogen and oxygen atoms in total. The van der Waals surface area contributed by atoms with Gasteiger partial charge in [0.25, 0.3) is 11.8 Å². The fourth-order valence-electron chi connectivity index (χ4n) is 4.76. The van der Waals surface area contributed by atoms with Gasteiger partial charge in [0.05, 0.1) is 10.5 Å². The zero-order chi connectivity index (χ0) is 29.4. The van der Waals surface area contributed by atoms with E-state index in [1.807, 2.05) is 30.3 Å². The molecule has 0 spiro atoms. The molecule has 3 aromatic carbocycles. The highest BCUT2D eigenvalue weighted by molar-refractivity contribution is 7.90. The SMILES string of the molecule is CN(C(=O)CCN(Cc1ccccc1OCC(=O)N1CCCC1)C(=O)c1ccccc1S(C)(=O)=O)c1ccccc1. The van der Waals surface area contributed by atoms with Crippen LogP contribution in [0, 0.1) is 0 Å². The van der Waals surface area contributed by atoms with Gasteiger partial charge >= 0.3 is 0 Å².